The lowest BCUT2D eigenvalue weighted by Crippen LogP contribution is -2.26. The number of nitrogens with one attached hydrogen (secondary N) is 1. The van der Waals surface area contributed by atoms with Gasteiger partial charge in [0, 0.05) is 11.4 Å². The Morgan fingerprint density at radius 1 is 0.778 bits per heavy atom. The van der Waals surface area contributed by atoms with E-state index < -0.39 is 57.9 Å². The van der Waals surface area contributed by atoms with Crippen molar-refractivity contribution in [1.82, 2.24) is 0 Å². The van der Waals surface area contributed by atoms with E-state index in [2.05, 4.69) is 0 Å². The molecule has 2 aromatic carbocycles. The van der Waals surface area contributed by atoms with Crippen molar-refractivity contribution in [3.05, 3.63) is 58.5 Å². The van der Waals surface area contributed by atoms with Crippen molar-refractivity contribution in [3.8, 4) is 0 Å². The van der Waals surface area contributed by atoms with Crippen LogP contribution in [-0.2, 0) is 41.5 Å². The molecular formula is C16H15N3O13S4. The van der Waals surface area contributed by atoms with Crippen LogP contribution in [0.2, 0.25) is 0 Å². The molecule has 0 unspecified atom stereocenters. The molecule has 196 valence electrons. The minimum absolute atomic E-state index is 0.0879. The molecule has 0 saturated carbocycles. The highest BCUT2D eigenvalue weighted by Crippen LogP contribution is 2.28. The Morgan fingerprint density at radius 3 is 1.64 bits per heavy atom. The molecule has 0 bridgehead atoms. The predicted octanol–water partition coefficient (Wildman–Crippen LogP) is -0.779. The zero-order chi connectivity index (χ0) is 28.4. The van der Waals surface area contributed by atoms with Crippen LogP contribution >= 0.6 is 0 Å². The number of allylic oxidation sites excluding steroid dienone is 1. The summed E-state index contributed by atoms with van der Waals surface area (Å²) in [7, 11) is -14.9. The van der Waals surface area contributed by atoms with Gasteiger partial charge in [0.25, 0.3) is 20.2 Å². The second-order valence-corrected chi connectivity index (χ2v) is 9.58. The number of fused-ring (bicyclic) bond motifs is 1. The molecule has 1 aliphatic rings. The predicted molar refractivity (Wildman–Crippen MR) is 123 cm³/mol. The SMILES string of the molecule is N=C1C(=O)c2c(N)cccc2C=C1S(=O)(=O)O.Nc1cccc(S(=O)(=O)O)c1.O=S(=O)=O.O=S(=O)=O. The lowest BCUT2D eigenvalue weighted by molar-refractivity contribution is 0.106. The summed E-state index contributed by atoms with van der Waals surface area (Å²) < 4.78 is 111. The number of nitrogens with two attached hydrogens (primary N) is 2. The summed E-state index contributed by atoms with van der Waals surface area (Å²) in [6, 6.07) is 9.97. The van der Waals surface area contributed by atoms with Crippen molar-refractivity contribution in [1.29, 1.82) is 5.41 Å². The molecule has 1 aliphatic carbocycles. The van der Waals surface area contributed by atoms with Crippen LogP contribution < -0.4 is 11.5 Å². The Kier molecular flexibility index (Phi) is 11.9. The highest BCUT2D eigenvalue weighted by atomic mass is 32.2. The molecule has 0 atom stereocenters. The third kappa shape index (κ3) is 11.1. The number of nitrogen functional groups attached to an aromatic ring is 2. The molecule has 3 rings (SSSR count). The number of hydrogen-bond donors (Lipinski definition) is 5. The molecule has 0 saturated heterocycles. The third-order valence-electron chi connectivity index (χ3n) is 3.55. The maximum atomic E-state index is 11.8. The number of rotatable bonds is 2. The second-order valence-electron chi connectivity index (χ2n) is 5.96. The van der Waals surface area contributed by atoms with Crippen LogP contribution in [0.3, 0.4) is 0 Å². The minimum atomic E-state index is -4.59. The Hall–Kier alpha value is -3.82. The number of anilines is 2. The first kappa shape index (κ1) is 32.2. The van der Waals surface area contributed by atoms with E-state index in [0.29, 0.717) is 5.69 Å². The normalized spacial score (nSPS) is 12.1. The molecule has 36 heavy (non-hydrogen) atoms. The smallest absolute Gasteiger partial charge is 0.399 e. The first-order valence-corrected chi connectivity index (χ1v) is 13.2. The number of carbonyl (C=O) groups excluding carboxylic acids is 1. The number of Topliss-reactive ketones (excluding diaryl/α,β-unsaturated/α-hetero) is 1. The summed E-state index contributed by atoms with van der Waals surface area (Å²) in [5.41, 5.74) is 10.9. The molecule has 0 heterocycles. The van der Waals surface area contributed by atoms with Crippen LogP contribution in [0.15, 0.2) is 52.3 Å². The summed E-state index contributed by atoms with van der Waals surface area (Å²) in [6.45, 7) is 0. The van der Waals surface area contributed by atoms with Gasteiger partial charge in [-0.3, -0.25) is 19.3 Å². The largest absolute Gasteiger partial charge is 0.425 e. The van der Waals surface area contributed by atoms with E-state index in [1.165, 1.54) is 36.4 Å². The number of benzene rings is 2. The van der Waals surface area contributed by atoms with Gasteiger partial charge in [-0.15, -0.1) is 25.3 Å². The highest BCUT2D eigenvalue weighted by molar-refractivity contribution is 7.91. The first-order valence-electron chi connectivity index (χ1n) is 8.36. The molecule has 0 spiro atoms. The van der Waals surface area contributed by atoms with E-state index in [1.807, 2.05) is 0 Å². The number of hydrogen-bond acceptors (Lipinski definition) is 14. The molecule has 0 aromatic heterocycles. The molecule has 16 nitrogen and oxygen atoms in total. The van der Waals surface area contributed by atoms with Gasteiger partial charge >= 0.3 is 21.2 Å². The Balaban J connectivity index is 0.000000551. The molecule has 0 radical (unpaired) electrons. The lowest BCUT2D eigenvalue weighted by Gasteiger charge is -2.15. The van der Waals surface area contributed by atoms with Gasteiger partial charge in [0.2, 0.25) is 5.78 Å². The maximum absolute atomic E-state index is 11.8. The first-order chi connectivity index (χ1) is 16.3. The van der Waals surface area contributed by atoms with Gasteiger partial charge in [0.05, 0.1) is 10.5 Å². The Bertz CT molecular complexity index is 1600. The van der Waals surface area contributed by atoms with Crippen LogP contribution in [0.1, 0.15) is 15.9 Å². The van der Waals surface area contributed by atoms with Crippen molar-refractivity contribution in [3.63, 3.8) is 0 Å². The Morgan fingerprint density at radius 2 is 1.25 bits per heavy atom. The van der Waals surface area contributed by atoms with Crippen LogP contribution in [0, 0.1) is 5.41 Å². The summed E-state index contributed by atoms with van der Waals surface area (Å²) in [4.78, 5) is 10.9. The molecule has 0 amide bonds. The van der Waals surface area contributed by atoms with E-state index in [-0.39, 0.29) is 21.7 Å². The fourth-order valence-electron chi connectivity index (χ4n) is 2.30. The molecule has 0 aliphatic heterocycles. The third-order valence-corrected chi connectivity index (χ3v) is 5.28. The van der Waals surface area contributed by atoms with E-state index in [4.69, 9.17) is 51.2 Å². The Labute approximate surface area is 206 Å². The van der Waals surface area contributed by atoms with E-state index >= 15 is 0 Å². The van der Waals surface area contributed by atoms with Crippen molar-refractivity contribution in [2.75, 3.05) is 11.5 Å². The molecule has 20 heteroatoms. The monoisotopic (exact) mass is 585 g/mol. The number of carbonyl (C=O) groups is 1. The zero-order valence-corrected chi connectivity index (χ0v) is 20.6. The average Bonchev–Trinajstić information content (AvgIpc) is 2.69. The van der Waals surface area contributed by atoms with Gasteiger partial charge in [-0.25, -0.2) is 0 Å². The van der Waals surface area contributed by atoms with Crippen LogP contribution in [0.4, 0.5) is 11.4 Å². The van der Waals surface area contributed by atoms with Gasteiger partial charge in [0.1, 0.15) is 10.6 Å². The van der Waals surface area contributed by atoms with Crippen molar-refractivity contribution >= 4 is 70.4 Å². The fourth-order valence-corrected chi connectivity index (χ4v) is 3.46. The van der Waals surface area contributed by atoms with Crippen LogP contribution in [0.25, 0.3) is 6.08 Å². The summed E-state index contributed by atoms with van der Waals surface area (Å²) in [5, 5.41) is 7.42. The van der Waals surface area contributed by atoms with Crippen LogP contribution in [-0.4, -0.2) is 62.7 Å². The van der Waals surface area contributed by atoms with Gasteiger partial charge in [-0.05, 0) is 35.9 Å². The van der Waals surface area contributed by atoms with Crippen molar-refractivity contribution < 1.29 is 56.0 Å². The zero-order valence-electron chi connectivity index (χ0n) is 17.3. The lowest BCUT2D eigenvalue weighted by atomic mass is 9.93. The van der Waals surface area contributed by atoms with Gasteiger partial charge in [-0.1, -0.05) is 18.2 Å². The highest BCUT2D eigenvalue weighted by Gasteiger charge is 2.32. The van der Waals surface area contributed by atoms with Gasteiger partial charge in [0.15, 0.2) is 0 Å². The van der Waals surface area contributed by atoms with E-state index in [1.54, 1.807) is 6.07 Å². The van der Waals surface area contributed by atoms with E-state index in [9.17, 15) is 21.6 Å². The molecule has 7 N–H and O–H groups in total. The number of ketones is 1. The van der Waals surface area contributed by atoms with Gasteiger partial charge in [-0.2, -0.15) is 16.8 Å². The van der Waals surface area contributed by atoms with Gasteiger partial charge < -0.3 is 11.5 Å². The van der Waals surface area contributed by atoms with Crippen molar-refractivity contribution in [2.24, 2.45) is 0 Å². The topological polar surface area (TPSA) is 304 Å². The summed E-state index contributed by atoms with van der Waals surface area (Å²) in [5.74, 6) is -0.812. The van der Waals surface area contributed by atoms with Crippen molar-refractivity contribution in [2.45, 2.75) is 4.90 Å². The summed E-state index contributed by atoms with van der Waals surface area (Å²) >= 11 is 0. The van der Waals surface area contributed by atoms with E-state index in [0.717, 1.165) is 6.08 Å². The average molecular weight is 586 g/mol. The second kappa shape index (κ2) is 13.3. The quantitative estimate of drug-likeness (QED) is 0.213. The fraction of sp³-hybridized carbons (Fsp3) is 0. The standard InChI is InChI=1S/C10H8N2O4S.C6H7NO3S.2O3S/c11-6-3-1-2-5-4-7(17(14,15)16)9(12)10(13)8(5)6;7-5-2-1-3-6(4-5)11(8,9)10;2*1-4(2)3/h1-4,12H,11H2,(H,14,15,16);1-4H,7H2,(H,8,9,10);;. The maximum Gasteiger partial charge on any atom is 0.425 e. The summed E-state index contributed by atoms with van der Waals surface area (Å²) in [6.07, 6.45) is 1.06. The van der Waals surface area contributed by atoms with Crippen LogP contribution in [0.5, 0.6) is 0 Å². The molecular weight excluding hydrogens is 570 g/mol. The minimum Gasteiger partial charge on any atom is -0.399 e. The molecule has 0 fully saturated rings. The molecule has 2 aromatic rings.